The number of aliphatic carboxylic acids is 1. The summed E-state index contributed by atoms with van der Waals surface area (Å²) >= 11 is 0. The number of amides is 4. The standard InChI is InChI=1S/C23H43N7O7/c1-12(2)9-16(20(34)29-17(22(36)37)10-13(3)4)28-21(35)18(11-31)30-19(33)15(27-14(5)32)7-6-8-26-23(24)25/h12-13,15-18,31H,6-11H2,1-5H3,(H,27,32)(H,28,35)(H,29,34)(H,30,33)(H,36,37)(H4,24,25,26)/t15-,16-,17-,18-/m0/s1. The number of rotatable bonds is 17. The van der Waals surface area contributed by atoms with Crippen LogP contribution in [0.15, 0.2) is 4.99 Å². The van der Waals surface area contributed by atoms with Crippen molar-refractivity contribution >= 4 is 35.6 Å². The van der Waals surface area contributed by atoms with E-state index in [-0.39, 0.29) is 43.6 Å². The van der Waals surface area contributed by atoms with Gasteiger partial charge in [-0.15, -0.1) is 0 Å². The Morgan fingerprint density at radius 2 is 1.22 bits per heavy atom. The van der Waals surface area contributed by atoms with Crippen molar-refractivity contribution in [2.75, 3.05) is 13.2 Å². The molecule has 0 saturated heterocycles. The summed E-state index contributed by atoms with van der Waals surface area (Å²) in [6.45, 7) is 7.95. The first-order valence-corrected chi connectivity index (χ1v) is 12.2. The zero-order valence-electron chi connectivity index (χ0n) is 22.2. The van der Waals surface area contributed by atoms with Crippen LogP contribution < -0.4 is 32.7 Å². The van der Waals surface area contributed by atoms with Crippen molar-refractivity contribution < 1.29 is 34.2 Å². The maximum absolute atomic E-state index is 12.9. The lowest BCUT2D eigenvalue weighted by atomic mass is 10.00. The number of carbonyl (C=O) groups is 5. The highest BCUT2D eigenvalue weighted by atomic mass is 16.4. The van der Waals surface area contributed by atoms with Crippen LogP contribution in [-0.4, -0.2) is 83.1 Å². The van der Waals surface area contributed by atoms with Gasteiger partial charge in [-0.2, -0.15) is 0 Å². The molecule has 0 saturated carbocycles. The minimum Gasteiger partial charge on any atom is -0.480 e. The third-order valence-corrected chi connectivity index (χ3v) is 5.12. The van der Waals surface area contributed by atoms with Crippen molar-refractivity contribution in [2.24, 2.45) is 28.3 Å². The number of nitrogens with zero attached hydrogens (tertiary/aromatic N) is 1. The summed E-state index contributed by atoms with van der Waals surface area (Å²) in [6, 6.07) is -4.67. The second-order valence-electron chi connectivity index (χ2n) is 9.67. The van der Waals surface area contributed by atoms with Gasteiger partial charge < -0.3 is 42.9 Å². The molecular formula is C23H43N7O7. The maximum Gasteiger partial charge on any atom is 0.326 e. The lowest BCUT2D eigenvalue weighted by molar-refractivity contribution is -0.143. The molecule has 0 aromatic rings. The molecule has 37 heavy (non-hydrogen) atoms. The molecule has 0 radical (unpaired) electrons. The minimum atomic E-state index is -1.42. The van der Waals surface area contributed by atoms with Crippen LogP contribution in [0.5, 0.6) is 0 Å². The largest absolute Gasteiger partial charge is 0.480 e. The first-order valence-electron chi connectivity index (χ1n) is 12.2. The predicted octanol–water partition coefficient (Wildman–Crippen LogP) is -1.83. The molecule has 0 aliphatic carbocycles. The number of hydrogen-bond donors (Lipinski definition) is 8. The van der Waals surface area contributed by atoms with Gasteiger partial charge in [-0.05, 0) is 37.5 Å². The number of carboxylic acid groups (broad SMARTS) is 1. The van der Waals surface area contributed by atoms with E-state index in [9.17, 15) is 34.2 Å². The Kier molecular flexibility index (Phi) is 15.5. The molecule has 0 bridgehead atoms. The second kappa shape index (κ2) is 17.1. The molecule has 0 spiro atoms. The Balaban J connectivity index is 5.44. The van der Waals surface area contributed by atoms with E-state index in [0.29, 0.717) is 6.42 Å². The number of carboxylic acids is 1. The van der Waals surface area contributed by atoms with Crippen LogP contribution >= 0.6 is 0 Å². The maximum atomic E-state index is 12.9. The van der Waals surface area contributed by atoms with Crippen LogP contribution in [0.2, 0.25) is 0 Å². The van der Waals surface area contributed by atoms with Gasteiger partial charge in [-0.25, -0.2) is 4.79 Å². The van der Waals surface area contributed by atoms with Gasteiger partial charge in [0.15, 0.2) is 5.96 Å². The summed E-state index contributed by atoms with van der Waals surface area (Å²) in [6.07, 6.45) is 0.903. The van der Waals surface area contributed by atoms with Crippen molar-refractivity contribution in [3.8, 4) is 0 Å². The fourth-order valence-corrected chi connectivity index (χ4v) is 3.42. The lowest BCUT2D eigenvalue weighted by Crippen LogP contribution is -2.58. The normalized spacial score (nSPS) is 14.2. The first-order chi connectivity index (χ1) is 17.2. The molecule has 0 rings (SSSR count). The van der Waals surface area contributed by atoms with Crippen molar-refractivity contribution in [2.45, 2.75) is 84.5 Å². The average molecular weight is 530 g/mol. The van der Waals surface area contributed by atoms with Crippen molar-refractivity contribution in [3.63, 3.8) is 0 Å². The molecule has 14 heteroatoms. The van der Waals surface area contributed by atoms with Crippen LogP contribution in [0.1, 0.15) is 60.3 Å². The third-order valence-electron chi connectivity index (χ3n) is 5.12. The van der Waals surface area contributed by atoms with Gasteiger partial charge >= 0.3 is 5.97 Å². The predicted molar refractivity (Wildman–Crippen MR) is 137 cm³/mol. The molecule has 0 aliphatic heterocycles. The molecule has 0 unspecified atom stereocenters. The monoisotopic (exact) mass is 529 g/mol. The number of aliphatic hydroxyl groups is 1. The molecule has 0 heterocycles. The topological polar surface area (TPSA) is 238 Å². The molecule has 0 aliphatic rings. The Morgan fingerprint density at radius 1 is 0.757 bits per heavy atom. The molecule has 0 aromatic heterocycles. The zero-order valence-corrected chi connectivity index (χ0v) is 22.2. The number of hydrogen-bond acceptors (Lipinski definition) is 7. The first kappa shape index (κ1) is 33.6. The number of guanidine groups is 1. The smallest absolute Gasteiger partial charge is 0.326 e. The van der Waals surface area contributed by atoms with E-state index in [1.165, 1.54) is 6.92 Å². The Bertz CT molecular complexity index is 813. The highest BCUT2D eigenvalue weighted by Crippen LogP contribution is 2.09. The van der Waals surface area contributed by atoms with Crippen LogP contribution in [0.4, 0.5) is 0 Å². The lowest BCUT2D eigenvalue weighted by Gasteiger charge is -2.26. The zero-order chi connectivity index (χ0) is 28.7. The number of aliphatic imine (C=N–C) groups is 1. The van der Waals surface area contributed by atoms with Crippen LogP contribution in [0.25, 0.3) is 0 Å². The Labute approximate surface area is 217 Å². The average Bonchev–Trinajstić information content (AvgIpc) is 2.76. The minimum absolute atomic E-state index is 0.00421. The van der Waals surface area contributed by atoms with Crippen LogP contribution in [0, 0.1) is 11.8 Å². The molecule has 4 atom stereocenters. The highest BCUT2D eigenvalue weighted by Gasteiger charge is 2.31. The molecular weight excluding hydrogens is 486 g/mol. The van der Waals surface area contributed by atoms with E-state index in [0.717, 1.165) is 0 Å². The van der Waals surface area contributed by atoms with Gasteiger partial charge in [0.1, 0.15) is 24.2 Å². The molecule has 4 amide bonds. The molecule has 212 valence electrons. The molecule has 10 N–H and O–H groups in total. The van der Waals surface area contributed by atoms with E-state index < -0.39 is 60.4 Å². The quantitative estimate of drug-likeness (QED) is 0.0599. The SMILES string of the molecule is CC(=O)N[C@@H](CCCN=C(N)N)C(=O)N[C@@H](CO)C(=O)N[C@@H](CC(C)C)C(=O)N[C@@H](CC(C)C)C(=O)O. The highest BCUT2D eigenvalue weighted by molar-refractivity contribution is 5.95. The van der Waals surface area contributed by atoms with Crippen molar-refractivity contribution in [1.82, 2.24) is 21.3 Å². The van der Waals surface area contributed by atoms with E-state index in [1.54, 1.807) is 0 Å². The van der Waals surface area contributed by atoms with E-state index in [1.807, 2.05) is 27.7 Å². The molecule has 0 aromatic carbocycles. The fraction of sp³-hybridized carbons (Fsp3) is 0.739. The van der Waals surface area contributed by atoms with Gasteiger partial charge in [0.25, 0.3) is 0 Å². The number of carbonyl (C=O) groups excluding carboxylic acids is 4. The van der Waals surface area contributed by atoms with Gasteiger partial charge in [-0.1, -0.05) is 27.7 Å². The van der Waals surface area contributed by atoms with Crippen molar-refractivity contribution in [3.05, 3.63) is 0 Å². The summed E-state index contributed by atoms with van der Waals surface area (Å²) in [7, 11) is 0. The van der Waals surface area contributed by atoms with Gasteiger partial charge in [0.2, 0.25) is 23.6 Å². The summed E-state index contributed by atoms with van der Waals surface area (Å²) in [5.41, 5.74) is 10.5. The summed E-state index contributed by atoms with van der Waals surface area (Å²) in [4.78, 5) is 65.4. The molecule has 14 nitrogen and oxygen atoms in total. The number of aliphatic hydroxyl groups excluding tert-OH is 1. The van der Waals surface area contributed by atoms with Crippen LogP contribution in [0.3, 0.4) is 0 Å². The summed E-state index contributed by atoms with van der Waals surface area (Å²) in [5.74, 6) is -4.07. The Morgan fingerprint density at radius 3 is 1.68 bits per heavy atom. The summed E-state index contributed by atoms with van der Waals surface area (Å²) in [5, 5.41) is 29.0. The molecule has 0 fully saturated rings. The second-order valence-corrected chi connectivity index (χ2v) is 9.67. The number of nitrogens with one attached hydrogen (secondary N) is 4. The van der Waals surface area contributed by atoms with Crippen molar-refractivity contribution in [1.29, 1.82) is 0 Å². The van der Waals surface area contributed by atoms with Crippen LogP contribution in [-0.2, 0) is 24.0 Å². The van der Waals surface area contributed by atoms with Gasteiger partial charge in [-0.3, -0.25) is 24.2 Å². The summed E-state index contributed by atoms with van der Waals surface area (Å²) < 4.78 is 0. The van der Waals surface area contributed by atoms with E-state index in [4.69, 9.17) is 11.5 Å². The van der Waals surface area contributed by atoms with E-state index in [2.05, 4.69) is 26.3 Å². The fourth-order valence-electron chi connectivity index (χ4n) is 3.42. The third kappa shape index (κ3) is 14.7. The Hall–Kier alpha value is -3.42. The van der Waals surface area contributed by atoms with Gasteiger partial charge in [0.05, 0.1) is 6.61 Å². The number of nitrogens with two attached hydrogens (primary N) is 2. The van der Waals surface area contributed by atoms with E-state index >= 15 is 0 Å². The van der Waals surface area contributed by atoms with Gasteiger partial charge in [0, 0.05) is 13.5 Å².